The number of benzene rings is 2. The van der Waals surface area contributed by atoms with E-state index in [0.29, 0.717) is 11.4 Å². The number of halogens is 1. The number of rotatable bonds is 5. The van der Waals surface area contributed by atoms with Gasteiger partial charge < -0.3 is 10.1 Å². The Balaban J connectivity index is 1.51. The van der Waals surface area contributed by atoms with Gasteiger partial charge in [-0.3, -0.25) is 4.79 Å². The fourth-order valence-electron chi connectivity index (χ4n) is 2.24. The van der Waals surface area contributed by atoms with Gasteiger partial charge in [0.1, 0.15) is 5.82 Å². The molecule has 130 valence electrons. The molecule has 3 aromatic rings. The summed E-state index contributed by atoms with van der Waals surface area (Å²) in [6.07, 6.45) is 2.73. The van der Waals surface area contributed by atoms with Crippen LogP contribution in [0.1, 0.15) is 5.69 Å². The van der Waals surface area contributed by atoms with Crippen LogP contribution < -0.4 is 5.32 Å². The number of hydrogen-bond acceptors (Lipinski definition) is 4. The number of aromatic nitrogens is 1. The SMILES string of the molecule is O=C(COC(=O)/C=C/c1ccc2ccccc2n1)Nc1ccc(F)cc1. The zero-order valence-electron chi connectivity index (χ0n) is 13.7. The van der Waals surface area contributed by atoms with Crippen LogP contribution in [0.3, 0.4) is 0 Å². The Kier molecular flexibility index (Phi) is 5.34. The van der Waals surface area contributed by atoms with Crippen LogP contribution in [0.4, 0.5) is 10.1 Å². The second kappa shape index (κ2) is 8.02. The molecule has 0 saturated carbocycles. The molecule has 0 radical (unpaired) electrons. The molecule has 0 unspecified atom stereocenters. The summed E-state index contributed by atoms with van der Waals surface area (Å²) >= 11 is 0. The molecule has 2 aromatic carbocycles. The molecular weight excluding hydrogens is 335 g/mol. The second-order valence-corrected chi connectivity index (χ2v) is 5.42. The van der Waals surface area contributed by atoms with E-state index in [1.165, 1.54) is 36.4 Å². The number of nitrogens with zero attached hydrogens (tertiary/aromatic N) is 1. The van der Waals surface area contributed by atoms with E-state index in [0.717, 1.165) is 10.9 Å². The van der Waals surface area contributed by atoms with Crippen LogP contribution in [0.5, 0.6) is 0 Å². The number of pyridine rings is 1. The molecule has 6 heteroatoms. The largest absolute Gasteiger partial charge is 0.452 e. The zero-order chi connectivity index (χ0) is 18.4. The minimum absolute atomic E-state index is 0.401. The second-order valence-electron chi connectivity index (χ2n) is 5.42. The van der Waals surface area contributed by atoms with E-state index in [2.05, 4.69) is 10.3 Å². The monoisotopic (exact) mass is 350 g/mol. The third-order valence-electron chi connectivity index (χ3n) is 3.48. The Hall–Kier alpha value is -3.54. The van der Waals surface area contributed by atoms with E-state index in [4.69, 9.17) is 4.74 Å². The number of amides is 1. The topological polar surface area (TPSA) is 68.3 Å². The Labute approximate surface area is 149 Å². The van der Waals surface area contributed by atoms with Gasteiger partial charge in [-0.25, -0.2) is 14.2 Å². The molecule has 0 aliphatic heterocycles. The van der Waals surface area contributed by atoms with E-state index in [-0.39, 0.29) is 0 Å². The van der Waals surface area contributed by atoms with Gasteiger partial charge in [0.25, 0.3) is 5.91 Å². The maximum Gasteiger partial charge on any atom is 0.331 e. The molecule has 0 saturated heterocycles. The number of nitrogens with one attached hydrogen (secondary N) is 1. The zero-order valence-corrected chi connectivity index (χ0v) is 13.7. The van der Waals surface area contributed by atoms with Gasteiger partial charge >= 0.3 is 5.97 Å². The number of anilines is 1. The van der Waals surface area contributed by atoms with Gasteiger partial charge in [0, 0.05) is 17.1 Å². The highest BCUT2D eigenvalue weighted by Crippen LogP contribution is 2.12. The summed E-state index contributed by atoms with van der Waals surface area (Å²) in [5.74, 6) is -1.57. The molecule has 0 spiro atoms. The van der Waals surface area contributed by atoms with Crippen molar-refractivity contribution in [3.8, 4) is 0 Å². The van der Waals surface area contributed by atoms with Gasteiger partial charge in [0.15, 0.2) is 6.61 Å². The van der Waals surface area contributed by atoms with Gasteiger partial charge in [0.05, 0.1) is 11.2 Å². The predicted octanol–water partition coefficient (Wildman–Crippen LogP) is 3.57. The molecule has 1 heterocycles. The lowest BCUT2D eigenvalue weighted by Crippen LogP contribution is -2.20. The van der Waals surface area contributed by atoms with Gasteiger partial charge in [-0.05, 0) is 42.5 Å². The quantitative estimate of drug-likeness (QED) is 0.564. The summed E-state index contributed by atoms with van der Waals surface area (Å²) < 4.78 is 17.7. The lowest BCUT2D eigenvalue weighted by atomic mass is 10.2. The van der Waals surface area contributed by atoms with Gasteiger partial charge in [-0.2, -0.15) is 0 Å². The highest BCUT2D eigenvalue weighted by atomic mass is 19.1. The van der Waals surface area contributed by atoms with Gasteiger partial charge in [-0.15, -0.1) is 0 Å². The molecule has 1 aromatic heterocycles. The molecule has 26 heavy (non-hydrogen) atoms. The maximum atomic E-state index is 12.8. The van der Waals surface area contributed by atoms with Crippen molar-refractivity contribution in [1.82, 2.24) is 4.98 Å². The number of ether oxygens (including phenoxy) is 1. The first kappa shape index (κ1) is 17.3. The molecule has 1 N–H and O–H groups in total. The van der Waals surface area contributed by atoms with Crippen LogP contribution in [0.15, 0.2) is 66.7 Å². The van der Waals surface area contributed by atoms with E-state index in [1.54, 1.807) is 6.07 Å². The number of fused-ring (bicyclic) bond motifs is 1. The van der Waals surface area contributed by atoms with E-state index >= 15 is 0 Å². The predicted molar refractivity (Wildman–Crippen MR) is 96.8 cm³/mol. The van der Waals surface area contributed by atoms with Crippen LogP contribution in [-0.2, 0) is 14.3 Å². The fourth-order valence-corrected chi connectivity index (χ4v) is 2.24. The lowest BCUT2D eigenvalue weighted by molar-refractivity contribution is -0.142. The van der Waals surface area contributed by atoms with Crippen molar-refractivity contribution in [3.05, 3.63) is 78.3 Å². The van der Waals surface area contributed by atoms with Crippen molar-refractivity contribution in [1.29, 1.82) is 0 Å². The molecule has 3 rings (SSSR count). The molecule has 0 fully saturated rings. The van der Waals surface area contributed by atoms with Crippen LogP contribution >= 0.6 is 0 Å². The molecule has 5 nitrogen and oxygen atoms in total. The minimum Gasteiger partial charge on any atom is -0.452 e. The Bertz CT molecular complexity index is 968. The third kappa shape index (κ3) is 4.73. The number of carbonyl (C=O) groups excluding carboxylic acids is 2. The number of hydrogen-bond donors (Lipinski definition) is 1. The fraction of sp³-hybridized carbons (Fsp3) is 0.0500. The van der Waals surface area contributed by atoms with Crippen molar-refractivity contribution < 1.29 is 18.7 Å². The first-order valence-electron chi connectivity index (χ1n) is 7.86. The Morgan fingerprint density at radius 3 is 2.62 bits per heavy atom. The Morgan fingerprint density at radius 2 is 1.81 bits per heavy atom. The molecule has 1 amide bonds. The summed E-state index contributed by atoms with van der Waals surface area (Å²) in [5, 5.41) is 3.50. The minimum atomic E-state index is -0.658. The first-order valence-corrected chi connectivity index (χ1v) is 7.86. The van der Waals surface area contributed by atoms with Crippen molar-refractivity contribution >= 4 is 34.5 Å². The number of para-hydroxylation sites is 1. The number of esters is 1. The lowest BCUT2D eigenvalue weighted by Gasteiger charge is -2.05. The molecule has 0 aliphatic rings. The smallest absolute Gasteiger partial charge is 0.331 e. The van der Waals surface area contributed by atoms with Gasteiger partial charge in [0.2, 0.25) is 0 Å². The van der Waals surface area contributed by atoms with Crippen molar-refractivity contribution in [2.75, 3.05) is 11.9 Å². The molecular formula is C20H15FN2O3. The number of carbonyl (C=O) groups is 2. The summed E-state index contributed by atoms with van der Waals surface area (Å²) in [6, 6.07) is 16.6. The van der Waals surface area contributed by atoms with Crippen molar-refractivity contribution in [2.45, 2.75) is 0 Å². The van der Waals surface area contributed by atoms with Crippen molar-refractivity contribution in [3.63, 3.8) is 0 Å². The normalized spacial score (nSPS) is 10.8. The van der Waals surface area contributed by atoms with Gasteiger partial charge in [-0.1, -0.05) is 24.3 Å². The summed E-state index contributed by atoms with van der Waals surface area (Å²) in [7, 11) is 0. The Morgan fingerprint density at radius 1 is 1.04 bits per heavy atom. The van der Waals surface area contributed by atoms with E-state index in [1.807, 2.05) is 30.3 Å². The van der Waals surface area contributed by atoms with Crippen LogP contribution in [-0.4, -0.2) is 23.5 Å². The molecule has 0 aliphatic carbocycles. The summed E-state index contributed by atoms with van der Waals surface area (Å²) in [6.45, 7) is -0.439. The average Bonchev–Trinajstić information content (AvgIpc) is 2.66. The molecule has 0 bridgehead atoms. The standard InChI is InChI=1S/C20H15FN2O3/c21-15-6-9-17(10-7-15)23-19(24)13-26-20(25)12-11-16-8-5-14-3-1-2-4-18(14)22-16/h1-12H,13H2,(H,23,24)/b12-11+. The average molecular weight is 350 g/mol. The first-order chi connectivity index (χ1) is 12.6. The van der Waals surface area contributed by atoms with Crippen LogP contribution in [0, 0.1) is 5.82 Å². The maximum absolute atomic E-state index is 12.8. The van der Waals surface area contributed by atoms with E-state index < -0.39 is 24.3 Å². The molecule has 0 atom stereocenters. The van der Waals surface area contributed by atoms with Crippen LogP contribution in [0.25, 0.3) is 17.0 Å². The highest BCUT2D eigenvalue weighted by Gasteiger charge is 2.06. The van der Waals surface area contributed by atoms with Crippen LogP contribution in [0.2, 0.25) is 0 Å². The third-order valence-corrected chi connectivity index (χ3v) is 3.48. The highest BCUT2D eigenvalue weighted by molar-refractivity contribution is 5.94. The van der Waals surface area contributed by atoms with Crippen molar-refractivity contribution in [2.24, 2.45) is 0 Å². The van der Waals surface area contributed by atoms with E-state index in [9.17, 15) is 14.0 Å². The summed E-state index contributed by atoms with van der Waals surface area (Å²) in [5.41, 5.74) is 1.85. The summed E-state index contributed by atoms with van der Waals surface area (Å²) in [4.78, 5) is 27.8.